The van der Waals surface area contributed by atoms with Crippen LogP contribution in [0.1, 0.15) is 31.7 Å². The Morgan fingerprint density at radius 1 is 1.50 bits per heavy atom. The summed E-state index contributed by atoms with van der Waals surface area (Å²) in [4.78, 5) is 11.8. The molecule has 0 bridgehead atoms. The predicted octanol–water partition coefficient (Wildman–Crippen LogP) is 3.06. The number of anilines is 1. The summed E-state index contributed by atoms with van der Waals surface area (Å²) in [5.74, 6) is 1.71. The number of carbonyl (C=O) groups is 1. The standard InChI is InChI=1S/C14H21NO2S/c1-3-18-9-5-8-17-14(16)11(2)12-6-4-7-13(15)10-12/h4,6-7,10-11H,3,5,8-9,15H2,1-2H3. The van der Waals surface area contributed by atoms with E-state index in [1.807, 2.05) is 43.0 Å². The summed E-state index contributed by atoms with van der Waals surface area (Å²) in [6, 6.07) is 7.38. The summed E-state index contributed by atoms with van der Waals surface area (Å²) in [5, 5.41) is 0. The van der Waals surface area contributed by atoms with Crippen molar-refractivity contribution in [2.24, 2.45) is 0 Å². The first-order valence-corrected chi connectivity index (χ1v) is 7.40. The Bertz CT molecular complexity index is 382. The molecule has 4 heteroatoms. The number of nitrogen functional groups attached to an aromatic ring is 1. The maximum atomic E-state index is 11.8. The van der Waals surface area contributed by atoms with Gasteiger partial charge in [-0.15, -0.1) is 0 Å². The number of carbonyl (C=O) groups excluding carboxylic acids is 1. The molecule has 100 valence electrons. The van der Waals surface area contributed by atoms with E-state index in [-0.39, 0.29) is 11.9 Å². The fraction of sp³-hybridized carbons (Fsp3) is 0.500. The van der Waals surface area contributed by atoms with E-state index in [1.54, 1.807) is 0 Å². The van der Waals surface area contributed by atoms with Gasteiger partial charge in [0.05, 0.1) is 12.5 Å². The summed E-state index contributed by atoms with van der Waals surface area (Å²) in [6.45, 7) is 4.47. The van der Waals surface area contributed by atoms with E-state index < -0.39 is 0 Å². The van der Waals surface area contributed by atoms with E-state index in [0.29, 0.717) is 12.3 Å². The normalized spacial score (nSPS) is 12.1. The van der Waals surface area contributed by atoms with Crippen molar-refractivity contribution >= 4 is 23.4 Å². The fourth-order valence-electron chi connectivity index (χ4n) is 1.57. The van der Waals surface area contributed by atoms with E-state index in [1.165, 1.54) is 0 Å². The van der Waals surface area contributed by atoms with E-state index in [9.17, 15) is 4.79 Å². The zero-order valence-electron chi connectivity index (χ0n) is 11.0. The highest BCUT2D eigenvalue weighted by atomic mass is 32.2. The summed E-state index contributed by atoms with van der Waals surface area (Å²) >= 11 is 1.86. The Morgan fingerprint density at radius 3 is 2.94 bits per heavy atom. The Kier molecular flexibility index (Phi) is 6.65. The molecule has 1 unspecified atom stereocenters. The molecule has 0 aliphatic carbocycles. The number of nitrogens with two attached hydrogens (primary N) is 1. The van der Waals surface area contributed by atoms with Gasteiger partial charge in [0, 0.05) is 5.69 Å². The minimum absolute atomic E-state index is 0.179. The van der Waals surface area contributed by atoms with Gasteiger partial charge in [0.1, 0.15) is 0 Å². The van der Waals surface area contributed by atoms with Crippen molar-refractivity contribution < 1.29 is 9.53 Å². The number of rotatable bonds is 7. The summed E-state index contributed by atoms with van der Waals surface area (Å²) in [6.07, 6.45) is 0.911. The lowest BCUT2D eigenvalue weighted by Gasteiger charge is -2.12. The average molecular weight is 267 g/mol. The maximum absolute atomic E-state index is 11.8. The van der Waals surface area contributed by atoms with E-state index >= 15 is 0 Å². The van der Waals surface area contributed by atoms with Gasteiger partial charge in [-0.3, -0.25) is 4.79 Å². The Labute approximate surface area is 113 Å². The van der Waals surface area contributed by atoms with Crippen LogP contribution in [0.5, 0.6) is 0 Å². The first-order valence-electron chi connectivity index (χ1n) is 6.25. The second-order valence-electron chi connectivity index (χ2n) is 4.11. The molecule has 3 nitrogen and oxygen atoms in total. The highest BCUT2D eigenvalue weighted by molar-refractivity contribution is 7.99. The quantitative estimate of drug-likeness (QED) is 0.468. The molecular weight excluding hydrogens is 246 g/mol. The number of hydrogen-bond acceptors (Lipinski definition) is 4. The van der Waals surface area contributed by atoms with Crippen molar-refractivity contribution in [1.29, 1.82) is 0 Å². The lowest BCUT2D eigenvalue weighted by molar-refractivity contribution is -0.145. The van der Waals surface area contributed by atoms with Crippen molar-refractivity contribution in [2.75, 3.05) is 23.8 Å². The Balaban J connectivity index is 2.37. The van der Waals surface area contributed by atoms with Crippen LogP contribution in [-0.2, 0) is 9.53 Å². The number of ether oxygens (including phenoxy) is 1. The molecule has 18 heavy (non-hydrogen) atoms. The van der Waals surface area contributed by atoms with Gasteiger partial charge in [-0.25, -0.2) is 0 Å². The van der Waals surface area contributed by atoms with Crippen LogP contribution in [0.2, 0.25) is 0 Å². The lowest BCUT2D eigenvalue weighted by atomic mass is 10.0. The molecule has 0 aromatic heterocycles. The van der Waals surface area contributed by atoms with Crippen molar-refractivity contribution in [3.63, 3.8) is 0 Å². The van der Waals surface area contributed by atoms with Gasteiger partial charge in [-0.2, -0.15) is 11.8 Å². The Morgan fingerprint density at radius 2 is 2.28 bits per heavy atom. The molecule has 0 aliphatic heterocycles. The maximum Gasteiger partial charge on any atom is 0.313 e. The summed E-state index contributed by atoms with van der Waals surface area (Å²) in [7, 11) is 0. The molecule has 1 aromatic carbocycles. The van der Waals surface area contributed by atoms with Crippen molar-refractivity contribution in [3.8, 4) is 0 Å². The van der Waals surface area contributed by atoms with Crippen LogP contribution in [0.4, 0.5) is 5.69 Å². The van der Waals surface area contributed by atoms with Crippen LogP contribution in [-0.4, -0.2) is 24.1 Å². The first kappa shape index (κ1) is 14.9. The minimum atomic E-state index is -0.257. The molecule has 0 saturated heterocycles. The Hall–Kier alpha value is -1.16. The monoisotopic (exact) mass is 267 g/mol. The van der Waals surface area contributed by atoms with Gasteiger partial charge in [-0.1, -0.05) is 19.1 Å². The molecule has 0 amide bonds. The minimum Gasteiger partial charge on any atom is -0.465 e. The molecule has 1 rings (SSSR count). The van der Waals surface area contributed by atoms with Crippen LogP contribution in [0.3, 0.4) is 0 Å². The summed E-state index contributed by atoms with van der Waals surface area (Å²) < 4.78 is 5.25. The molecule has 0 radical (unpaired) electrons. The average Bonchev–Trinajstić information content (AvgIpc) is 2.37. The van der Waals surface area contributed by atoms with Gasteiger partial charge in [0.25, 0.3) is 0 Å². The molecule has 1 atom stereocenters. The van der Waals surface area contributed by atoms with Crippen molar-refractivity contribution in [2.45, 2.75) is 26.2 Å². The molecule has 0 aliphatic rings. The second kappa shape index (κ2) is 8.03. The lowest BCUT2D eigenvalue weighted by Crippen LogP contribution is -2.14. The molecule has 0 saturated carbocycles. The molecule has 0 heterocycles. The summed E-state index contributed by atoms with van der Waals surface area (Å²) in [5.41, 5.74) is 7.27. The highest BCUT2D eigenvalue weighted by Gasteiger charge is 2.16. The van der Waals surface area contributed by atoms with Gasteiger partial charge in [0.15, 0.2) is 0 Å². The van der Waals surface area contributed by atoms with Crippen LogP contribution in [0.25, 0.3) is 0 Å². The van der Waals surface area contributed by atoms with Gasteiger partial charge in [-0.05, 0) is 42.5 Å². The third-order valence-corrected chi connectivity index (χ3v) is 3.63. The molecule has 2 N–H and O–H groups in total. The molecule has 0 spiro atoms. The van der Waals surface area contributed by atoms with Crippen molar-refractivity contribution in [1.82, 2.24) is 0 Å². The third-order valence-electron chi connectivity index (χ3n) is 2.65. The number of benzene rings is 1. The molecular formula is C14H21NO2S. The number of esters is 1. The van der Waals surface area contributed by atoms with E-state index in [2.05, 4.69) is 6.92 Å². The zero-order valence-corrected chi connectivity index (χ0v) is 11.8. The number of thioether (sulfide) groups is 1. The van der Waals surface area contributed by atoms with Gasteiger partial charge in [0.2, 0.25) is 0 Å². The smallest absolute Gasteiger partial charge is 0.313 e. The highest BCUT2D eigenvalue weighted by Crippen LogP contribution is 2.19. The SMILES string of the molecule is CCSCCCOC(=O)C(C)c1cccc(N)c1. The van der Waals surface area contributed by atoms with E-state index in [0.717, 1.165) is 23.5 Å². The first-order chi connectivity index (χ1) is 8.65. The topological polar surface area (TPSA) is 52.3 Å². The van der Waals surface area contributed by atoms with Crippen LogP contribution in [0, 0.1) is 0 Å². The molecule has 0 fully saturated rings. The largest absolute Gasteiger partial charge is 0.465 e. The third kappa shape index (κ3) is 5.00. The van der Waals surface area contributed by atoms with Crippen LogP contribution < -0.4 is 5.73 Å². The fourth-order valence-corrected chi connectivity index (χ4v) is 2.18. The molecule has 1 aromatic rings. The second-order valence-corrected chi connectivity index (χ2v) is 5.50. The van der Waals surface area contributed by atoms with Gasteiger partial charge >= 0.3 is 5.97 Å². The van der Waals surface area contributed by atoms with Crippen LogP contribution in [0.15, 0.2) is 24.3 Å². The van der Waals surface area contributed by atoms with Crippen LogP contribution >= 0.6 is 11.8 Å². The zero-order chi connectivity index (χ0) is 13.4. The number of hydrogen-bond donors (Lipinski definition) is 1. The van der Waals surface area contributed by atoms with Gasteiger partial charge < -0.3 is 10.5 Å². The van der Waals surface area contributed by atoms with Crippen molar-refractivity contribution in [3.05, 3.63) is 29.8 Å². The van der Waals surface area contributed by atoms with E-state index in [4.69, 9.17) is 10.5 Å². The predicted molar refractivity (Wildman–Crippen MR) is 77.8 cm³/mol.